The Bertz CT molecular complexity index is 477. The third kappa shape index (κ3) is 5.83. The first-order valence-corrected chi connectivity index (χ1v) is 7.48. The summed E-state index contributed by atoms with van der Waals surface area (Å²) in [4.78, 5) is 21.9. The first-order valence-electron chi connectivity index (χ1n) is 5.99. The number of carboxylic acid groups (broad SMARTS) is 1. The molecule has 0 saturated carbocycles. The predicted octanol–water partition coefficient (Wildman–Crippen LogP) is 1.13. The Morgan fingerprint density at radius 3 is 2.55 bits per heavy atom. The average molecular weight is 299 g/mol. The number of amides is 1. The normalized spacial score (nSPS) is 13.2. The van der Waals surface area contributed by atoms with Crippen LogP contribution in [0.25, 0.3) is 0 Å². The lowest BCUT2D eigenvalue weighted by molar-refractivity contribution is -0.143. The van der Waals surface area contributed by atoms with E-state index in [4.69, 9.17) is 5.11 Å². The fourth-order valence-corrected chi connectivity index (χ4v) is 2.83. The van der Waals surface area contributed by atoms with E-state index in [1.54, 1.807) is 0 Å². The molecule has 20 heavy (non-hydrogen) atoms. The van der Waals surface area contributed by atoms with E-state index in [2.05, 4.69) is 10.1 Å². The highest BCUT2D eigenvalue weighted by molar-refractivity contribution is 7.84. The van der Waals surface area contributed by atoms with Crippen molar-refractivity contribution in [1.29, 1.82) is 0 Å². The number of rotatable bonds is 7. The van der Waals surface area contributed by atoms with Crippen LogP contribution in [-0.4, -0.2) is 40.3 Å². The van der Waals surface area contributed by atoms with Crippen LogP contribution < -0.4 is 5.32 Å². The summed E-state index contributed by atoms with van der Waals surface area (Å²) in [5.41, 5.74) is 0.937. The first kappa shape index (κ1) is 16.2. The number of methoxy groups -OCH3 is 1. The Morgan fingerprint density at radius 1 is 1.35 bits per heavy atom. The van der Waals surface area contributed by atoms with E-state index >= 15 is 0 Å². The molecule has 0 aromatic heterocycles. The highest BCUT2D eigenvalue weighted by Crippen LogP contribution is 2.05. The van der Waals surface area contributed by atoms with Crippen LogP contribution in [0.4, 0.5) is 4.79 Å². The molecule has 6 nitrogen and oxygen atoms in total. The van der Waals surface area contributed by atoms with Crippen molar-refractivity contribution in [3.63, 3.8) is 0 Å². The Morgan fingerprint density at radius 2 is 2.00 bits per heavy atom. The quantitative estimate of drug-likeness (QED) is 0.736. The van der Waals surface area contributed by atoms with Crippen LogP contribution in [0.5, 0.6) is 0 Å². The van der Waals surface area contributed by atoms with Crippen LogP contribution in [-0.2, 0) is 26.1 Å². The Hall–Kier alpha value is -1.89. The molecule has 0 radical (unpaired) electrons. The molecule has 0 heterocycles. The number of esters is 1. The van der Waals surface area contributed by atoms with Crippen LogP contribution >= 0.6 is 0 Å². The van der Waals surface area contributed by atoms with Gasteiger partial charge in [0.15, 0.2) is 0 Å². The maximum atomic E-state index is 11.9. The molecule has 1 amide bonds. The fraction of sp³-hybridized carbons (Fsp3) is 0.385. The van der Waals surface area contributed by atoms with E-state index in [9.17, 15) is 13.8 Å². The first-order chi connectivity index (χ1) is 9.52. The van der Waals surface area contributed by atoms with Gasteiger partial charge in [0.05, 0.1) is 7.11 Å². The van der Waals surface area contributed by atoms with Crippen molar-refractivity contribution in [2.24, 2.45) is 0 Å². The predicted molar refractivity (Wildman–Crippen MR) is 74.7 cm³/mol. The smallest absolute Gasteiger partial charge is 0.405 e. The molecule has 2 unspecified atom stereocenters. The molecule has 1 aromatic rings. The molecule has 0 saturated heterocycles. The Balaban J connectivity index is 2.48. The molecule has 1 aromatic carbocycles. The molecular formula is C13H17NO5S. The monoisotopic (exact) mass is 299 g/mol. The van der Waals surface area contributed by atoms with E-state index in [0.717, 1.165) is 5.56 Å². The van der Waals surface area contributed by atoms with Gasteiger partial charge in [0.25, 0.3) is 0 Å². The zero-order valence-corrected chi connectivity index (χ0v) is 11.9. The van der Waals surface area contributed by atoms with Crippen LogP contribution in [0.15, 0.2) is 30.3 Å². The largest absolute Gasteiger partial charge is 0.467 e. The molecule has 1 rings (SSSR count). The molecule has 0 aliphatic rings. The summed E-state index contributed by atoms with van der Waals surface area (Å²) < 4.78 is 16.4. The number of hydrogen-bond acceptors (Lipinski definition) is 4. The lowest BCUT2D eigenvalue weighted by atomic mass is 10.2. The van der Waals surface area contributed by atoms with Gasteiger partial charge < -0.3 is 15.2 Å². The molecule has 7 heteroatoms. The second-order valence-electron chi connectivity index (χ2n) is 4.09. The average Bonchev–Trinajstić information content (AvgIpc) is 2.43. The molecule has 0 aliphatic carbocycles. The minimum Gasteiger partial charge on any atom is -0.467 e. The lowest BCUT2D eigenvalue weighted by Crippen LogP contribution is -2.41. The SMILES string of the molecule is COC(=O)C(CCS(=O)Cc1ccccc1)NC(=O)O. The topological polar surface area (TPSA) is 92.7 Å². The highest BCUT2D eigenvalue weighted by atomic mass is 32.2. The van der Waals surface area contributed by atoms with Crippen molar-refractivity contribution in [3.8, 4) is 0 Å². The second kappa shape index (κ2) is 8.31. The van der Waals surface area contributed by atoms with E-state index in [0.29, 0.717) is 5.75 Å². The maximum absolute atomic E-state index is 11.9. The van der Waals surface area contributed by atoms with Crippen molar-refractivity contribution in [2.45, 2.75) is 18.2 Å². The summed E-state index contributed by atoms with van der Waals surface area (Å²) in [5.74, 6) is -0.0828. The number of hydrogen-bond donors (Lipinski definition) is 2. The van der Waals surface area contributed by atoms with E-state index < -0.39 is 28.9 Å². The van der Waals surface area contributed by atoms with Crippen molar-refractivity contribution in [1.82, 2.24) is 5.32 Å². The molecular weight excluding hydrogens is 282 g/mol. The molecule has 0 aliphatic heterocycles. The number of ether oxygens (including phenoxy) is 1. The number of carbonyl (C=O) groups excluding carboxylic acids is 1. The molecule has 2 N–H and O–H groups in total. The third-order valence-corrected chi connectivity index (χ3v) is 3.93. The van der Waals surface area contributed by atoms with Crippen LogP contribution in [0.2, 0.25) is 0 Å². The van der Waals surface area contributed by atoms with E-state index in [1.165, 1.54) is 7.11 Å². The summed E-state index contributed by atoms with van der Waals surface area (Å²) >= 11 is 0. The van der Waals surface area contributed by atoms with Gasteiger partial charge >= 0.3 is 12.1 Å². The minimum atomic E-state index is -1.31. The Labute approximate surface area is 119 Å². The van der Waals surface area contributed by atoms with Gasteiger partial charge in [-0.2, -0.15) is 0 Å². The number of nitrogens with one attached hydrogen (secondary N) is 1. The van der Waals surface area contributed by atoms with Crippen molar-refractivity contribution in [2.75, 3.05) is 12.9 Å². The summed E-state index contributed by atoms with van der Waals surface area (Å²) in [6, 6.07) is 8.33. The number of benzene rings is 1. The molecule has 2 atom stereocenters. The molecule has 0 bridgehead atoms. The maximum Gasteiger partial charge on any atom is 0.405 e. The van der Waals surface area contributed by atoms with E-state index in [-0.39, 0.29) is 12.2 Å². The molecule has 110 valence electrons. The summed E-state index contributed by atoms with van der Waals surface area (Å²) in [7, 11) is 0.0147. The van der Waals surface area contributed by atoms with Gasteiger partial charge in [0, 0.05) is 22.3 Å². The zero-order chi connectivity index (χ0) is 15.0. The zero-order valence-electron chi connectivity index (χ0n) is 11.1. The fourth-order valence-electron chi connectivity index (χ4n) is 1.62. The minimum absolute atomic E-state index is 0.137. The van der Waals surface area contributed by atoms with Crippen LogP contribution in [0.1, 0.15) is 12.0 Å². The van der Waals surface area contributed by atoms with Crippen molar-refractivity contribution in [3.05, 3.63) is 35.9 Å². The van der Waals surface area contributed by atoms with E-state index in [1.807, 2.05) is 30.3 Å². The summed E-state index contributed by atoms with van der Waals surface area (Å²) in [5, 5.41) is 10.7. The summed E-state index contributed by atoms with van der Waals surface area (Å²) in [6.45, 7) is 0. The highest BCUT2D eigenvalue weighted by Gasteiger charge is 2.21. The standard InChI is InChI=1S/C13H17NO5S/c1-19-12(15)11(14-13(16)17)7-8-20(18)9-10-5-3-2-4-6-10/h2-6,11,14H,7-9H2,1H3,(H,16,17). The second-order valence-corrected chi connectivity index (χ2v) is 5.66. The molecule has 0 spiro atoms. The molecule has 0 fully saturated rings. The van der Waals surface area contributed by atoms with Crippen LogP contribution in [0.3, 0.4) is 0 Å². The van der Waals surface area contributed by atoms with Crippen molar-refractivity contribution < 1.29 is 23.6 Å². The van der Waals surface area contributed by atoms with Gasteiger partial charge in [-0.1, -0.05) is 30.3 Å². The summed E-state index contributed by atoms with van der Waals surface area (Å²) in [6.07, 6.45) is -1.17. The van der Waals surface area contributed by atoms with Crippen molar-refractivity contribution >= 4 is 22.9 Å². The van der Waals surface area contributed by atoms with Gasteiger partial charge in [0.2, 0.25) is 0 Å². The van der Waals surface area contributed by atoms with Gasteiger partial charge in [0.1, 0.15) is 6.04 Å². The van der Waals surface area contributed by atoms with Gasteiger partial charge in [-0.15, -0.1) is 0 Å². The van der Waals surface area contributed by atoms with Gasteiger partial charge in [-0.05, 0) is 12.0 Å². The van der Waals surface area contributed by atoms with Crippen LogP contribution in [0, 0.1) is 0 Å². The van der Waals surface area contributed by atoms with Gasteiger partial charge in [-0.3, -0.25) is 4.21 Å². The number of carbonyl (C=O) groups is 2. The lowest BCUT2D eigenvalue weighted by Gasteiger charge is -2.14. The third-order valence-electron chi connectivity index (χ3n) is 2.59. The van der Waals surface area contributed by atoms with Gasteiger partial charge in [-0.25, -0.2) is 9.59 Å². The Kier molecular flexibility index (Phi) is 6.72.